The molecule has 0 unspecified atom stereocenters. The summed E-state index contributed by atoms with van der Waals surface area (Å²) in [5.41, 5.74) is -0.136. The van der Waals surface area contributed by atoms with Gasteiger partial charge in [0.2, 0.25) is 0 Å². The molecule has 5 nitrogen and oxygen atoms in total. The molecule has 1 saturated carbocycles. The van der Waals surface area contributed by atoms with Gasteiger partial charge < -0.3 is 9.47 Å². The van der Waals surface area contributed by atoms with E-state index in [1.54, 1.807) is 27.0 Å². The van der Waals surface area contributed by atoms with Crippen molar-refractivity contribution >= 4 is 12.1 Å². The number of nitrogens with one attached hydrogen (secondary N) is 1. The standard InChI is InChI=1S/C16H27NO4/c1-15(2,3)20-13(18)9-12(11-7-8-11)10-17-14(19)21-16(4,5)6/h10-11H,7-9H2,1-6H3,(H,17,19)/b12-10-. The summed E-state index contributed by atoms with van der Waals surface area (Å²) < 4.78 is 10.5. The van der Waals surface area contributed by atoms with Gasteiger partial charge in [-0.25, -0.2) is 4.79 Å². The molecule has 1 aliphatic rings. The van der Waals surface area contributed by atoms with Crippen molar-refractivity contribution in [3.63, 3.8) is 0 Å². The molecule has 0 saturated heterocycles. The Hall–Kier alpha value is -1.52. The quantitative estimate of drug-likeness (QED) is 0.806. The first-order valence-electron chi connectivity index (χ1n) is 7.36. The maximum atomic E-state index is 11.9. The molecule has 120 valence electrons. The highest BCUT2D eigenvalue weighted by Gasteiger charge is 2.29. The van der Waals surface area contributed by atoms with Crippen molar-refractivity contribution < 1.29 is 19.1 Å². The van der Waals surface area contributed by atoms with Crippen LogP contribution >= 0.6 is 0 Å². The molecular formula is C16H27NO4. The second-order valence-electron chi connectivity index (χ2n) is 7.40. The predicted octanol–water partition coefficient (Wildman–Crippen LogP) is 3.54. The van der Waals surface area contributed by atoms with Gasteiger partial charge in [-0.2, -0.15) is 0 Å². The van der Waals surface area contributed by atoms with E-state index in [1.165, 1.54) is 0 Å². The average Bonchev–Trinajstić information content (AvgIpc) is 3.02. The number of ether oxygens (including phenoxy) is 2. The van der Waals surface area contributed by atoms with Crippen LogP contribution in [0.1, 0.15) is 60.8 Å². The van der Waals surface area contributed by atoms with Crippen molar-refractivity contribution in [1.82, 2.24) is 5.32 Å². The molecule has 1 N–H and O–H groups in total. The normalized spacial score (nSPS) is 16.4. The van der Waals surface area contributed by atoms with Gasteiger partial charge in [0.15, 0.2) is 0 Å². The summed E-state index contributed by atoms with van der Waals surface area (Å²) in [4.78, 5) is 23.5. The molecule has 0 heterocycles. The monoisotopic (exact) mass is 297 g/mol. The number of hydrogen-bond acceptors (Lipinski definition) is 4. The van der Waals surface area contributed by atoms with E-state index in [2.05, 4.69) is 5.32 Å². The van der Waals surface area contributed by atoms with Crippen molar-refractivity contribution in [2.24, 2.45) is 5.92 Å². The van der Waals surface area contributed by atoms with Crippen LogP contribution in [0.4, 0.5) is 4.79 Å². The SMILES string of the molecule is CC(C)(C)OC(=O)C/C(=C/NC(=O)OC(C)(C)C)C1CC1. The Bertz CT molecular complexity index is 423. The Morgan fingerprint density at radius 1 is 1.05 bits per heavy atom. The Kier molecular flexibility index (Phi) is 5.42. The van der Waals surface area contributed by atoms with E-state index in [9.17, 15) is 9.59 Å². The molecule has 0 aromatic carbocycles. The Morgan fingerprint density at radius 2 is 1.57 bits per heavy atom. The smallest absolute Gasteiger partial charge is 0.411 e. The van der Waals surface area contributed by atoms with Crippen LogP contribution in [0.3, 0.4) is 0 Å². The lowest BCUT2D eigenvalue weighted by atomic mass is 10.1. The van der Waals surface area contributed by atoms with Crippen LogP contribution in [0.2, 0.25) is 0 Å². The van der Waals surface area contributed by atoms with Gasteiger partial charge in [0.05, 0.1) is 6.42 Å². The molecule has 21 heavy (non-hydrogen) atoms. The van der Waals surface area contributed by atoms with Crippen molar-refractivity contribution in [2.75, 3.05) is 0 Å². The fourth-order valence-corrected chi connectivity index (χ4v) is 1.77. The second kappa shape index (κ2) is 6.50. The van der Waals surface area contributed by atoms with E-state index in [-0.39, 0.29) is 12.4 Å². The predicted molar refractivity (Wildman–Crippen MR) is 80.6 cm³/mol. The number of hydrogen-bond donors (Lipinski definition) is 1. The first-order chi connectivity index (χ1) is 9.46. The molecule has 0 aromatic heterocycles. The Morgan fingerprint density at radius 3 is 2.00 bits per heavy atom. The van der Waals surface area contributed by atoms with E-state index in [0.717, 1.165) is 18.4 Å². The first-order valence-corrected chi connectivity index (χ1v) is 7.36. The maximum absolute atomic E-state index is 11.9. The van der Waals surface area contributed by atoms with Crippen LogP contribution in [0.15, 0.2) is 11.8 Å². The van der Waals surface area contributed by atoms with Crippen LogP contribution in [-0.2, 0) is 14.3 Å². The van der Waals surface area contributed by atoms with E-state index in [4.69, 9.17) is 9.47 Å². The third kappa shape index (κ3) is 8.38. The highest BCUT2D eigenvalue weighted by Crippen LogP contribution is 2.38. The summed E-state index contributed by atoms with van der Waals surface area (Å²) in [7, 11) is 0. The fourth-order valence-electron chi connectivity index (χ4n) is 1.77. The summed E-state index contributed by atoms with van der Waals surface area (Å²) in [6.07, 6.45) is 3.38. The van der Waals surface area contributed by atoms with Gasteiger partial charge in [-0.15, -0.1) is 0 Å². The van der Waals surface area contributed by atoms with E-state index >= 15 is 0 Å². The van der Waals surface area contributed by atoms with Crippen LogP contribution in [0.5, 0.6) is 0 Å². The van der Waals surface area contributed by atoms with Crippen LogP contribution < -0.4 is 5.32 Å². The minimum atomic E-state index is -0.539. The molecule has 0 aromatic rings. The number of amides is 1. The number of alkyl carbamates (subject to hydrolysis) is 1. The Balaban J connectivity index is 2.55. The lowest BCUT2D eigenvalue weighted by Gasteiger charge is -2.20. The Labute approximate surface area is 127 Å². The third-order valence-electron chi connectivity index (χ3n) is 2.64. The minimum absolute atomic E-state index is 0.206. The summed E-state index contributed by atoms with van der Waals surface area (Å²) in [6.45, 7) is 10.9. The maximum Gasteiger partial charge on any atom is 0.411 e. The van der Waals surface area contributed by atoms with Crippen molar-refractivity contribution in [2.45, 2.75) is 72.0 Å². The molecule has 0 spiro atoms. The van der Waals surface area contributed by atoms with Gasteiger partial charge in [-0.1, -0.05) is 0 Å². The van der Waals surface area contributed by atoms with Crippen LogP contribution in [0.25, 0.3) is 0 Å². The number of esters is 1. The molecule has 1 aliphatic carbocycles. The van der Waals surface area contributed by atoms with Crippen molar-refractivity contribution in [3.05, 3.63) is 11.8 Å². The fraction of sp³-hybridized carbons (Fsp3) is 0.750. The van der Waals surface area contributed by atoms with Gasteiger partial charge in [0.25, 0.3) is 0 Å². The largest absolute Gasteiger partial charge is 0.460 e. The van der Waals surface area contributed by atoms with Gasteiger partial charge in [-0.3, -0.25) is 10.1 Å². The molecule has 1 fully saturated rings. The number of carbonyl (C=O) groups is 2. The molecule has 0 aliphatic heterocycles. The lowest BCUT2D eigenvalue weighted by Crippen LogP contribution is -2.30. The second-order valence-corrected chi connectivity index (χ2v) is 7.40. The zero-order valence-corrected chi connectivity index (χ0v) is 13.9. The van der Waals surface area contributed by atoms with E-state index < -0.39 is 17.3 Å². The third-order valence-corrected chi connectivity index (χ3v) is 2.64. The summed E-state index contributed by atoms with van der Waals surface area (Å²) in [6, 6.07) is 0. The summed E-state index contributed by atoms with van der Waals surface area (Å²) >= 11 is 0. The zero-order chi connectivity index (χ0) is 16.3. The summed E-state index contributed by atoms with van der Waals surface area (Å²) in [5, 5.41) is 2.60. The van der Waals surface area contributed by atoms with Crippen LogP contribution in [-0.4, -0.2) is 23.3 Å². The van der Waals surface area contributed by atoms with Crippen molar-refractivity contribution in [3.8, 4) is 0 Å². The average molecular weight is 297 g/mol. The molecule has 1 rings (SSSR count). The molecule has 0 bridgehead atoms. The highest BCUT2D eigenvalue weighted by atomic mass is 16.6. The highest BCUT2D eigenvalue weighted by molar-refractivity contribution is 5.74. The van der Waals surface area contributed by atoms with Gasteiger partial charge >= 0.3 is 12.1 Å². The lowest BCUT2D eigenvalue weighted by molar-refractivity contribution is -0.154. The molecule has 1 amide bonds. The first kappa shape index (κ1) is 17.5. The topological polar surface area (TPSA) is 64.6 Å². The number of rotatable bonds is 4. The van der Waals surface area contributed by atoms with Gasteiger partial charge in [-0.05, 0) is 65.9 Å². The van der Waals surface area contributed by atoms with Crippen LogP contribution in [0, 0.1) is 5.92 Å². The van der Waals surface area contributed by atoms with E-state index in [0.29, 0.717) is 5.92 Å². The van der Waals surface area contributed by atoms with Gasteiger partial charge in [0.1, 0.15) is 11.2 Å². The molecule has 0 atom stereocenters. The zero-order valence-electron chi connectivity index (χ0n) is 13.9. The van der Waals surface area contributed by atoms with Gasteiger partial charge in [0, 0.05) is 6.20 Å². The number of carbonyl (C=O) groups excluding carboxylic acids is 2. The van der Waals surface area contributed by atoms with E-state index in [1.807, 2.05) is 20.8 Å². The van der Waals surface area contributed by atoms with Crippen molar-refractivity contribution in [1.29, 1.82) is 0 Å². The molecular weight excluding hydrogens is 270 g/mol. The molecule has 5 heteroatoms. The molecule has 0 radical (unpaired) electrons. The summed E-state index contributed by atoms with van der Waals surface area (Å²) in [5.74, 6) is 0.0964. The minimum Gasteiger partial charge on any atom is -0.460 e.